The topological polar surface area (TPSA) is 79.5 Å². The normalized spacial score (nSPS) is 12.0. The van der Waals surface area contributed by atoms with Crippen LogP contribution in [0.5, 0.6) is 0 Å². The lowest BCUT2D eigenvalue weighted by atomic mass is 10.3. The molecule has 0 aliphatic heterocycles. The van der Waals surface area contributed by atoms with Crippen molar-refractivity contribution in [3.63, 3.8) is 0 Å². The average Bonchev–Trinajstić information content (AvgIpc) is 2.91. The average molecular weight is 315 g/mol. The number of thiophene rings is 1. The van der Waals surface area contributed by atoms with Gasteiger partial charge in [0.15, 0.2) is 0 Å². The number of nitrogens with one attached hydrogen (secondary N) is 1. The number of hydrogen-bond donors (Lipinski definition) is 2. The summed E-state index contributed by atoms with van der Waals surface area (Å²) in [5.74, 6) is 0.519. The van der Waals surface area contributed by atoms with Crippen LogP contribution in [0.3, 0.4) is 0 Å². The monoisotopic (exact) mass is 315 g/mol. The van der Waals surface area contributed by atoms with E-state index in [1.165, 1.54) is 10.9 Å². The van der Waals surface area contributed by atoms with Crippen LogP contribution in [0.1, 0.15) is 26.8 Å². The molecule has 0 unspecified atom stereocenters. The van der Waals surface area contributed by atoms with Crippen molar-refractivity contribution in [3.05, 3.63) is 39.0 Å². The summed E-state index contributed by atoms with van der Waals surface area (Å²) in [6.07, 6.45) is 0. The maximum Gasteiger partial charge on any atom is 0.244 e. The zero-order valence-corrected chi connectivity index (χ0v) is 13.2. The van der Waals surface area contributed by atoms with Crippen molar-refractivity contribution in [1.82, 2.24) is 4.72 Å². The predicted octanol–water partition coefficient (Wildman–Crippen LogP) is 2.24. The summed E-state index contributed by atoms with van der Waals surface area (Å²) >= 11 is 1.57. The second kappa shape index (κ2) is 5.69. The molecular weight excluding hydrogens is 298 g/mol. The van der Waals surface area contributed by atoms with Crippen molar-refractivity contribution in [1.29, 1.82) is 0 Å². The molecule has 5 nitrogen and oxygen atoms in total. The minimum absolute atomic E-state index is 0.0755. The van der Waals surface area contributed by atoms with E-state index in [0.717, 1.165) is 10.4 Å². The standard InChI is InChI=1S/C13H17NO4S2/c1-8-4-12(19-10(8)3)6-14-20(16,17)13-5-11(7-15)18-9(13)2/h4-5,14-15H,6-7H2,1-3H3. The van der Waals surface area contributed by atoms with Crippen LogP contribution >= 0.6 is 11.3 Å². The molecule has 20 heavy (non-hydrogen) atoms. The van der Waals surface area contributed by atoms with Gasteiger partial charge in [-0.05, 0) is 32.4 Å². The van der Waals surface area contributed by atoms with Gasteiger partial charge in [0.2, 0.25) is 10.0 Å². The predicted molar refractivity (Wildman–Crippen MR) is 77.2 cm³/mol. The van der Waals surface area contributed by atoms with Crippen LogP contribution in [-0.2, 0) is 23.2 Å². The third-order valence-electron chi connectivity index (χ3n) is 3.02. The van der Waals surface area contributed by atoms with Gasteiger partial charge < -0.3 is 9.52 Å². The lowest BCUT2D eigenvalue weighted by Crippen LogP contribution is -2.23. The summed E-state index contributed by atoms with van der Waals surface area (Å²) in [7, 11) is -3.63. The first-order chi connectivity index (χ1) is 9.33. The molecule has 2 heterocycles. The third-order valence-corrected chi connectivity index (χ3v) is 5.68. The van der Waals surface area contributed by atoms with Gasteiger partial charge in [-0.3, -0.25) is 0 Å². The van der Waals surface area contributed by atoms with E-state index in [1.54, 1.807) is 18.3 Å². The molecule has 0 saturated heterocycles. The Bertz CT molecular complexity index is 693. The van der Waals surface area contributed by atoms with Gasteiger partial charge in [0, 0.05) is 22.4 Å². The fourth-order valence-corrected chi connectivity index (χ4v) is 4.14. The van der Waals surface area contributed by atoms with E-state index < -0.39 is 10.0 Å². The highest BCUT2D eigenvalue weighted by atomic mass is 32.2. The molecule has 0 fully saturated rings. The van der Waals surface area contributed by atoms with Crippen LogP contribution in [0.2, 0.25) is 0 Å². The van der Waals surface area contributed by atoms with Gasteiger partial charge in [-0.25, -0.2) is 13.1 Å². The lowest BCUT2D eigenvalue weighted by molar-refractivity contribution is 0.244. The van der Waals surface area contributed by atoms with E-state index in [2.05, 4.69) is 4.72 Å². The summed E-state index contributed by atoms with van der Waals surface area (Å²) in [6.45, 7) is 5.50. The summed E-state index contributed by atoms with van der Waals surface area (Å²) in [4.78, 5) is 2.22. The molecule has 0 aliphatic carbocycles. The van der Waals surface area contributed by atoms with Crippen LogP contribution in [0, 0.1) is 20.8 Å². The molecule has 2 aromatic heterocycles. The first-order valence-electron chi connectivity index (χ1n) is 6.09. The van der Waals surface area contributed by atoms with E-state index in [4.69, 9.17) is 9.52 Å². The highest BCUT2D eigenvalue weighted by molar-refractivity contribution is 7.89. The van der Waals surface area contributed by atoms with E-state index >= 15 is 0 Å². The molecule has 7 heteroatoms. The van der Waals surface area contributed by atoms with E-state index in [0.29, 0.717) is 0 Å². The van der Waals surface area contributed by atoms with Gasteiger partial charge in [-0.1, -0.05) is 0 Å². The fourth-order valence-electron chi connectivity index (χ4n) is 1.85. The summed E-state index contributed by atoms with van der Waals surface area (Å²) in [6, 6.07) is 3.33. The molecule has 0 spiro atoms. The third kappa shape index (κ3) is 3.12. The molecular formula is C13H17NO4S2. The van der Waals surface area contributed by atoms with Crippen molar-refractivity contribution in [2.75, 3.05) is 0 Å². The smallest absolute Gasteiger partial charge is 0.244 e. The van der Waals surface area contributed by atoms with Crippen LogP contribution in [0.25, 0.3) is 0 Å². The van der Waals surface area contributed by atoms with Gasteiger partial charge in [0.05, 0.1) is 0 Å². The zero-order valence-electron chi connectivity index (χ0n) is 11.6. The van der Waals surface area contributed by atoms with Crippen LogP contribution in [0.15, 0.2) is 21.4 Å². The number of aliphatic hydroxyl groups is 1. The molecule has 0 saturated carbocycles. The van der Waals surface area contributed by atoms with Crippen molar-refractivity contribution < 1.29 is 17.9 Å². The molecule has 2 rings (SSSR count). The van der Waals surface area contributed by atoms with Crippen molar-refractivity contribution >= 4 is 21.4 Å². The van der Waals surface area contributed by atoms with Crippen molar-refractivity contribution in [2.24, 2.45) is 0 Å². The van der Waals surface area contributed by atoms with E-state index in [9.17, 15) is 8.42 Å². The van der Waals surface area contributed by atoms with Crippen molar-refractivity contribution in [2.45, 2.75) is 38.8 Å². The van der Waals surface area contributed by atoms with Crippen molar-refractivity contribution in [3.8, 4) is 0 Å². The fraction of sp³-hybridized carbons (Fsp3) is 0.385. The van der Waals surface area contributed by atoms with Gasteiger partial charge in [-0.15, -0.1) is 11.3 Å². The minimum atomic E-state index is -3.63. The Labute approximate surface area is 122 Å². The van der Waals surface area contributed by atoms with E-state index in [-0.39, 0.29) is 29.6 Å². The summed E-state index contributed by atoms with van der Waals surface area (Å²) < 4.78 is 32.1. The Hall–Kier alpha value is -1.15. The highest BCUT2D eigenvalue weighted by Crippen LogP contribution is 2.23. The highest BCUT2D eigenvalue weighted by Gasteiger charge is 2.21. The molecule has 0 bridgehead atoms. The molecule has 0 aromatic carbocycles. The van der Waals surface area contributed by atoms with Crippen LogP contribution in [-0.4, -0.2) is 13.5 Å². The number of hydrogen-bond acceptors (Lipinski definition) is 5. The van der Waals surface area contributed by atoms with E-state index in [1.807, 2.05) is 19.9 Å². The molecule has 0 atom stereocenters. The molecule has 2 aromatic rings. The zero-order chi connectivity index (χ0) is 14.9. The second-order valence-electron chi connectivity index (χ2n) is 4.57. The van der Waals surface area contributed by atoms with Gasteiger partial charge in [0.25, 0.3) is 0 Å². The maximum absolute atomic E-state index is 12.2. The first kappa shape index (κ1) is 15.2. The molecule has 0 radical (unpaired) electrons. The Morgan fingerprint density at radius 2 is 2.00 bits per heavy atom. The molecule has 2 N–H and O–H groups in total. The number of sulfonamides is 1. The van der Waals surface area contributed by atoms with Crippen LogP contribution < -0.4 is 4.72 Å². The summed E-state index contributed by atoms with van der Waals surface area (Å²) in [5.41, 5.74) is 1.16. The number of aryl methyl sites for hydroxylation is 3. The summed E-state index contributed by atoms with van der Waals surface area (Å²) in [5, 5.41) is 8.97. The van der Waals surface area contributed by atoms with Gasteiger partial charge >= 0.3 is 0 Å². The minimum Gasteiger partial charge on any atom is -0.462 e. The largest absolute Gasteiger partial charge is 0.462 e. The second-order valence-corrected chi connectivity index (χ2v) is 7.64. The molecule has 0 amide bonds. The van der Waals surface area contributed by atoms with Gasteiger partial charge in [-0.2, -0.15) is 0 Å². The SMILES string of the molecule is Cc1cc(CNS(=O)(=O)c2cc(CO)oc2C)sc1C. The number of aliphatic hydroxyl groups excluding tert-OH is 1. The molecule has 110 valence electrons. The van der Waals surface area contributed by atoms with Gasteiger partial charge in [0.1, 0.15) is 23.0 Å². The maximum atomic E-state index is 12.2. The lowest BCUT2D eigenvalue weighted by Gasteiger charge is -2.03. The quantitative estimate of drug-likeness (QED) is 0.887. The Balaban J connectivity index is 2.16. The first-order valence-corrected chi connectivity index (χ1v) is 8.39. The Morgan fingerprint density at radius 3 is 2.50 bits per heavy atom. The molecule has 0 aliphatic rings. The Morgan fingerprint density at radius 1 is 1.30 bits per heavy atom. The van der Waals surface area contributed by atoms with Crippen LogP contribution in [0.4, 0.5) is 0 Å². The number of furan rings is 1. The number of rotatable bonds is 5. The Kier molecular flexibility index (Phi) is 4.33.